The van der Waals surface area contributed by atoms with Crippen LogP contribution in [0.4, 0.5) is 4.39 Å². The number of carbonyl (C=O) groups excluding carboxylic acids is 1. The molecule has 1 aliphatic carbocycles. The van der Waals surface area contributed by atoms with Crippen LogP contribution in [0.15, 0.2) is 42.5 Å². The Labute approximate surface area is 127 Å². The van der Waals surface area contributed by atoms with Crippen molar-refractivity contribution >= 4 is 17.5 Å². The first-order chi connectivity index (χ1) is 10.1. The van der Waals surface area contributed by atoms with E-state index >= 15 is 0 Å². The SMILES string of the molecule is O=C(N[C@@H]1CCCc2ccccc21)c1ccc(Cl)cc1F. The molecule has 108 valence electrons. The zero-order valence-corrected chi connectivity index (χ0v) is 12.2. The molecular formula is C17H15ClFNO. The lowest BCUT2D eigenvalue weighted by atomic mass is 9.87. The highest BCUT2D eigenvalue weighted by Gasteiger charge is 2.23. The molecule has 1 N–H and O–H groups in total. The maximum atomic E-state index is 13.8. The summed E-state index contributed by atoms with van der Waals surface area (Å²) >= 11 is 5.71. The molecule has 0 aliphatic heterocycles. The minimum absolute atomic E-state index is 0.0301. The van der Waals surface area contributed by atoms with Crippen molar-refractivity contribution in [2.75, 3.05) is 0 Å². The van der Waals surface area contributed by atoms with Gasteiger partial charge in [-0.3, -0.25) is 4.79 Å². The van der Waals surface area contributed by atoms with E-state index in [9.17, 15) is 9.18 Å². The van der Waals surface area contributed by atoms with Gasteiger partial charge in [-0.25, -0.2) is 4.39 Å². The summed E-state index contributed by atoms with van der Waals surface area (Å²) in [5.41, 5.74) is 2.42. The van der Waals surface area contributed by atoms with Crippen molar-refractivity contribution in [3.63, 3.8) is 0 Å². The molecule has 0 bridgehead atoms. The highest BCUT2D eigenvalue weighted by Crippen LogP contribution is 2.29. The number of aryl methyl sites for hydroxylation is 1. The predicted molar refractivity (Wildman–Crippen MR) is 81.0 cm³/mol. The number of nitrogens with one attached hydrogen (secondary N) is 1. The fourth-order valence-corrected chi connectivity index (χ4v) is 2.97. The fraction of sp³-hybridized carbons (Fsp3) is 0.235. The Morgan fingerprint density at radius 3 is 2.86 bits per heavy atom. The van der Waals surface area contributed by atoms with Gasteiger partial charge >= 0.3 is 0 Å². The molecule has 0 heterocycles. The zero-order chi connectivity index (χ0) is 14.8. The standard InChI is InChI=1S/C17H15ClFNO/c18-12-8-9-14(15(19)10-12)17(21)20-16-7-3-5-11-4-1-2-6-13(11)16/h1-2,4,6,8-10,16H,3,5,7H2,(H,20,21)/t16-/m1/s1. The molecule has 1 amide bonds. The molecule has 2 aromatic rings. The number of carbonyl (C=O) groups is 1. The lowest BCUT2D eigenvalue weighted by molar-refractivity contribution is 0.0928. The van der Waals surface area contributed by atoms with Crippen molar-refractivity contribution < 1.29 is 9.18 Å². The number of benzene rings is 2. The molecule has 2 nitrogen and oxygen atoms in total. The number of hydrogen-bond donors (Lipinski definition) is 1. The van der Waals surface area contributed by atoms with Crippen LogP contribution in [-0.4, -0.2) is 5.91 Å². The second-order valence-corrected chi connectivity index (χ2v) is 5.68. The second kappa shape index (κ2) is 5.86. The molecule has 21 heavy (non-hydrogen) atoms. The summed E-state index contributed by atoms with van der Waals surface area (Å²) in [7, 11) is 0. The van der Waals surface area contributed by atoms with Crippen LogP contribution in [0.3, 0.4) is 0 Å². The van der Waals surface area contributed by atoms with Crippen LogP contribution in [0.5, 0.6) is 0 Å². The summed E-state index contributed by atoms with van der Waals surface area (Å²) in [6.07, 6.45) is 2.92. The van der Waals surface area contributed by atoms with Gasteiger partial charge in [-0.05, 0) is 48.6 Å². The van der Waals surface area contributed by atoms with Gasteiger partial charge in [-0.1, -0.05) is 35.9 Å². The Kier molecular flexibility index (Phi) is 3.93. The summed E-state index contributed by atoms with van der Waals surface area (Å²) in [5.74, 6) is -0.991. The highest BCUT2D eigenvalue weighted by atomic mass is 35.5. The van der Waals surface area contributed by atoms with Crippen LogP contribution in [-0.2, 0) is 6.42 Å². The van der Waals surface area contributed by atoms with Crippen molar-refractivity contribution in [3.8, 4) is 0 Å². The zero-order valence-electron chi connectivity index (χ0n) is 11.4. The minimum atomic E-state index is -0.593. The molecule has 3 rings (SSSR count). The van der Waals surface area contributed by atoms with Gasteiger partial charge in [0.2, 0.25) is 0 Å². The van der Waals surface area contributed by atoms with E-state index in [0.717, 1.165) is 30.9 Å². The highest BCUT2D eigenvalue weighted by molar-refractivity contribution is 6.30. The summed E-state index contributed by atoms with van der Waals surface area (Å²) in [6.45, 7) is 0. The van der Waals surface area contributed by atoms with Gasteiger partial charge in [0.05, 0.1) is 11.6 Å². The van der Waals surface area contributed by atoms with E-state index < -0.39 is 11.7 Å². The molecule has 1 atom stereocenters. The fourth-order valence-electron chi connectivity index (χ4n) is 2.81. The summed E-state index contributed by atoms with van der Waals surface area (Å²) in [6, 6.07) is 12.1. The Morgan fingerprint density at radius 2 is 2.05 bits per heavy atom. The summed E-state index contributed by atoms with van der Waals surface area (Å²) in [5, 5.41) is 3.21. The third-order valence-electron chi connectivity index (χ3n) is 3.85. The van der Waals surface area contributed by atoms with Crippen molar-refractivity contribution in [3.05, 3.63) is 70.0 Å². The van der Waals surface area contributed by atoms with Crippen molar-refractivity contribution in [2.45, 2.75) is 25.3 Å². The normalized spacial score (nSPS) is 17.1. The summed E-state index contributed by atoms with van der Waals surface area (Å²) in [4.78, 5) is 12.3. The molecule has 0 saturated carbocycles. The minimum Gasteiger partial charge on any atom is -0.345 e. The summed E-state index contributed by atoms with van der Waals surface area (Å²) < 4.78 is 13.8. The van der Waals surface area contributed by atoms with Gasteiger partial charge in [-0.15, -0.1) is 0 Å². The number of amides is 1. The molecule has 2 aromatic carbocycles. The number of rotatable bonds is 2. The van der Waals surface area contributed by atoms with Gasteiger partial charge in [0.1, 0.15) is 5.82 Å². The first kappa shape index (κ1) is 14.1. The monoisotopic (exact) mass is 303 g/mol. The molecule has 4 heteroatoms. The first-order valence-electron chi connectivity index (χ1n) is 6.99. The van der Waals surface area contributed by atoms with Gasteiger partial charge in [0.25, 0.3) is 5.91 Å². The van der Waals surface area contributed by atoms with Crippen molar-refractivity contribution in [2.24, 2.45) is 0 Å². The molecule has 0 saturated heterocycles. The van der Waals surface area contributed by atoms with E-state index in [-0.39, 0.29) is 16.6 Å². The van der Waals surface area contributed by atoms with Crippen LogP contribution in [0.25, 0.3) is 0 Å². The largest absolute Gasteiger partial charge is 0.345 e. The van der Waals surface area contributed by atoms with Gasteiger partial charge in [0.15, 0.2) is 0 Å². The van der Waals surface area contributed by atoms with Crippen LogP contribution in [0, 0.1) is 5.82 Å². The molecular weight excluding hydrogens is 289 g/mol. The lowest BCUT2D eigenvalue weighted by Gasteiger charge is -2.26. The van der Waals surface area contributed by atoms with Crippen LogP contribution in [0.2, 0.25) is 5.02 Å². The van der Waals surface area contributed by atoms with E-state index in [1.807, 2.05) is 18.2 Å². The quantitative estimate of drug-likeness (QED) is 0.881. The number of halogens is 2. The van der Waals surface area contributed by atoms with E-state index in [0.29, 0.717) is 0 Å². The maximum Gasteiger partial charge on any atom is 0.254 e. The van der Waals surface area contributed by atoms with Gasteiger partial charge < -0.3 is 5.32 Å². The average Bonchev–Trinajstić information content (AvgIpc) is 2.47. The Balaban J connectivity index is 1.83. The van der Waals surface area contributed by atoms with Crippen LogP contribution >= 0.6 is 11.6 Å². The molecule has 0 radical (unpaired) electrons. The molecule has 0 spiro atoms. The van der Waals surface area contributed by atoms with E-state index in [1.54, 1.807) is 0 Å². The molecule has 1 aliphatic rings. The smallest absolute Gasteiger partial charge is 0.254 e. The van der Waals surface area contributed by atoms with Crippen LogP contribution in [0.1, 0.15) is 40.4 Å². The third kappa shape index (κ3) is 2.93. The molecule has 0 aromatic heterocycles. The number of fused-ring (bicyclic) bond motifs is 1. The molecule has 0 unspecified atom stereocenters. The first-order valence-corrected chi connectivity index (χ1v) is 7.36. The number of hydrogen-bond acceptors (Lipinski definition) is 1. The van der Waals surface area contributed by atoms with Crippen molar-refractivity contribution in [1.82, 2.24) is 5.32 Å². The average molecular weight is 304 g/mol. The van der Waals surface area contributed by atoms with E-state index in [4.69, 9.17) is 11.6 Å². The lowest BCUT2D eigenvalue weighted by Crippen LogP contribution is -2.31. The van der Waals surface area contributed by atoms with Crippen LogP contribution < -0.4 is 5.32 Å². The van der Waals surface area contributed by atoms with E-state index in [2.05, 4.69) is 11.4 Å². The Morgan fingerprint density at radius 1 is 1.24 bits per heavy atom. The Bertz CT molecular complexity index is 686. The Hall–Kier alpha value is -1.87. The maximum absolute atomic E-state index is 13.8. The van der Waals surface area contributed by atoms with Gasteiger partial charge in [0, 0.05) is 5.02 Å². The van der Waals surface area contributed by atoms with E-state index in [1.165, 1.54) is 17.7 Å². The van der Waals surface area contributed by atoms with Crippen molar-refractivity contribution in [1.29, 1.82) is 0 Å². The van der Waals surface area contributed by atoms with Gasteiger partial charge in [-0.2, -0.15) is 0 Å². The third-order valence-corrected chi connectivity index (χ3v) is 4.09. The topological polar surface area (TPSA) is 29.1 Å². The predicted octanol–water partition coefficient (Wildman–Crippen LogP) is 4.29. The second-order valence-electron chi connectivity index (χ2n) is 5.24. The molecule has 0 fully saturated rings.